The summed E-state index contributed by atoms with van der Waals surface area (Å²) in [4.78, 5) is 20.8. The predicted molar refractivity (Wildman–Crippen MR) is 118 cm³/mol. The van der Waals surface area contributed by atoms with Crippen LogP contribution in [0.3, 0.4) is 0 Å². The van der Waals surface area contributed by atoms with Gasteiger partial charge in [0.2, 0.25) is 5.91 Å². The summed E-state index contributed by atoms with van der Waals surface area (Å²) >= 11 is 1.66. The molecule has 28 heavy (non-hydrogen) atoms. The summed E-state index contributed by atoms with van der Waals surface area (Å²) in [5.74, 6) is 1.54. The van der Waals surface area contributed by atoms with Crippen LogP contribution in [0.25, 0.3) is 0 Å². The molecule has 0 aliphatic heterocycles. The quantitative estimate of drug-likeness (QED) is 0.459. The molecule has 3 N–H and O–H groups in total. The first-order valence-electron chi connectivity index (χ1n) is 9.65. The Morgan fingerprint density at radius 2 is 1.93 bits per heavy atom. The lowest BCUT2D eigenvalue weighted by Crippen LogP contribution is -2.36. The molecule has 1 aromatic heterocycles. The van der Waals surface area contributed by atoms with Gasteiger partial charge in [-0.3, -0.25) is 9.79 Å². The van der Waals surface area contributed by atoms with E-state index in [2.05, 4.69) is 45.2 Å². The Morgan fingerprint density at radius 1 is 1.18 bits per heavy atom. The molecule has 0 radical (unpaired) electrons. The molecule has 0 aliphatic rings. The van der Waals surface area contributed by atoms with Crippen LogP contribution in [0, 0.1) is 5.92 Å². The Labute approximate surface area is 171 Å². The zero-order chi connectivity index (χ0) is 20.5. The number of benzene rings is 1. The molecule has 0 spiro atoms. The summed E-state index contributed by atoms with van der Waals surface area (Å²) in [7, 11) is 1.75. The fraction of sp³-hybridized carbons (Fsp3) is 0.476. The van der Waals surface area contributed by atoms with Gasteiger partial charge in [0.05, 0.1) is 12.2 Å². The number of hydrogen-bond acceptors (Lipinski definition) is 4. The molecule has 6 nitrogen and oxygen atoms in total. The van der Waals surface area contributed by atoms with Crippen molar-refractivity contribution < 1.29 is 4.79 Å². The molecule has 2 rings (SSSR count). The molecular formula is C21H31N5OS. The maximum Gasteiger partial charge on any atom is 0.224 e. The van der Waals surface area contributed by atoms with Crippen LogP contribution in [-0.2, 0) is 17.9 Å². The number of guanidine groups is 1. The smallest absolute Gasteiger partial charge is 0.224 e. The van der Waals surface area contributed by atoms with Crippen LogP contribution < -0.4 is 16.0 Å². The van der Waals surface area contributed by atoms with E-state index in [1.54, 1.807) is 18.4 Å². The molecule has 0 bridgehead atoms. The van der Waals surface area contributed by atoms with Gasteiger partial charge in [0.25, 0.3) is 0 Å². The molecule has 2 aromatic rings. The predicted octanol–water partition coefficient (Wildman–Crippen LogP) is 4.12. The number of carbonyl (C=O) groups is 1. The van der Waals surface area contributed by atoms with Crippen LogP contribution in [0.1, 0.15) is 56.3 Å². The number of thiazole rings is 1. The van der Waals surface area contributed by atoms with E-state index in [0.717, 1.165) is 27.9 Å². The Hall–Kier alpha value is -2.41. The maximum absolute atomic E-state index is 11.9. The molecule has 0 saturated carbocycles. The van der Waals surface area contributed by atoms with Crippen LogP contribution in [-0.4, -0.2) is 23.9 Å². The van der Waals surface area contributed by atoms with Gasteiger partial charge in [-0.2, -0.15) is 0 Å². The lowest BCUT2D eigenvalue weighted by Gasteiger charge is -2.12. The standard InChI is InChI=1S/C21H31N5OS/c1-14(2)9-19(27)25-17-8-6-7-16(10-17)11-23-21(22-5)24-12-20-26-18(13-28-20)15(3)4/h6-8,10,13-15H,9,11-12H2,1-5H3,(H,25,27)(H2,22,23,24). The van der Waals surface area contributed by atoms with Gasteiger partial charge < -0.3 is 16.0 Å². The Kier molecular flexibility index (Phi) is 8.44. The normalized spacial score (nSPS) is 11.8. The Bertz CT molecular complexity index is 798. The van der Waals surface area contributed by atoms with Crippen LogP contribution in [0.5, 0.6) is 0 Å². The molecule has 1 amide bonds. The van der Waals surface area contributed by atoms with Crippen LogP contribution in [0.2, 0.25) is 0 Å². The zero-order valence-electron chi connectivity index (χ0n) is 17.4. The monoisotopic (exact) mass is 401 g/mol. The van der Waals surface area contributed by atoms with Gasteiger partial charge in [0.15, 0.2) is 5.96 Å². The van der Waals surface area contributed by atoms with Gasteiger partial charge in [-0.1, -0.05) is 39.8 Å². The third kappa shape index (κ3) is 7.31. The van der Waals surface area contributed by atoms with Gasteiger partial charge in [-0.25, -0.2) is 4.98 Å². The minimum atomic E-state index is 0.0433. The van der Waals surface area contributed by atoms with Crippen molar-refractivity contribution in [3.63, 3.8) is 0 Å². The number of aromatic nitrogens is 1. The average Bonchev–Trinajstić information content (AvgIpc) is 3.11. The first-order valence-corrected chi connectivity index (χ1v) is 10.5. The van der Waals surface area contributed by atoms with E-state index in [-0.39, 0.29) is 5.91 Å². The van der Waals surface area contributed by atoms with E-state index < -0.39 is 0 Å². The fourth-order valence-electron chi connectivity index (χ4n) is 2.58. The maximum atomic E-state index is 11.9. The third-order valence-electron chi connectivity index (χ3n) is 4.06. The van der Waals surface area contributed by atoms with Gasteiger partial charge in [-0.15, -0.1) is 11.3 Å². The number of amides is 1. The van der Waals surface area contributed by atoms with E-state index in [0.29, 0.717) is 31.3 Å². The minimum absolute atomic E-state index is 0.0433. The highest BCUT2D eigenvalue weighted by molar-refractivity contribution is 7.09. The molecule has 0 atom stereocenters. The van der Waals surface area contributed by atoms with Crippen molar-refractivity contribution in [3.8, 4) is 0 Å². The Balaban J connectivity index is 1.85. The number of carbonyl (C=O) groups excluding carboxylic acids is 1. The summed E-state index contributed by atoms with van der Waals surface area (Å²) in [6.45, 7) is 9.62. The second-order valence-electron chi connectivity index (χ2n) is 7.45. The molecular weight excluding hydrogens is 370 g/mol. The van der Waals surface area contributed by atoms with E-state index in [9.17, 15) is 4.79 Å². The number of nitrogens with one attached hydrogen (secondary N) is 3. The Morgan fingerprint density at radius 3 is 2.57 bits per heavy atom. The largest absolute Gasteiger partial charge is 0.352 e. The summed E-state index contributed by atoms with van der Waals surface area (Å²) in [5.41, 5.74) is 3.01. The van der Waals surface area contributed by atoms with Crippen molar-refractivity contribution in [1.82, 2.24) is 15.6 Å². The van der Waals surface area contributed by atoms with E-state index >= 15 is 0 Å². The summed E-state index contributed by atoms with van der Waals surface area (Å²) in [6, 6.07) is 7.85. The minimum Gasteiger partial charge on any atom is -0.352 e. The fourth-order valence-corrected chi connectivity index (χ4v) is 3.47. The number of nitrogens with zero attached hydrogens (tertiary/aromatic N) is 2. The lowest BCUT2D eigenvalue weighted by atomic mass is 10.1. The first-order chi connectivity index (χ1) is 13.4. The average molecular weight is 402 g/mol. The number of rotatable bonds is 8. The highest BCUT2D eigenvalue weighted by atomic mass is 32.1. The van der Waals surface area contributed by atoms with Gasteiger partial charge in [0, 0.05) is 31.1 Å². The molecule has 0 aliphatic carbocycles. The molecule has 152 valence electrons. The highest BCUT2D eigenvalue weighted by Gasteiger charge is 2.08. The number of aliphatic imine (C=N–C) groups is 1. The van der Waals surface area contributed by atoms with E-state index in [1.165, 1.54) is 0 Å². The summed E-state index contributed by atoms with van der Waals surface area (Å²) in [5, 5.41) is 12.7. The van der Waals surface area contributed by atoms with Gasteiger partial charge in [-0.05, 0) is 29.5 Å². The molecule has 0 fully saturated rings. The number of hydrogen-bond donors (Lipinski definition) is 3. The summed E-state index contributed by atoms with van der Waals surface area (Å²) in [6.07, 6.45) is 0.522. The highest BCUT2D eigenvalue weighted by Crippen LogP contribution is 2.17. The van der Waals surface area contributed by atoms with Gasteiger partial charge >= 0.3 is 0 Å². The van der Waals surface area contributed by atoms with Crippen molar-refractivity contribution in [3.05, 3.63) is 45.9 Å². The third-order valence-corrected chi connectivity index (χ3v) is 4.92. The van der Waals surface area contributed by atoms with Crippen LogP contribution >= 0.6 is 11.3 Å². The van der Waals surface area contributed by atoms with Crippen molar-refractivity contribution >= 4 is 28.9 Å². The number of anilines is 1. The molecule has 0 unspecified atom stereocenters. The SMILES string of the molecule is CN=C(NCc1cccc(NC(=O)CC(C)C)c1)NCc1nc(C(C)C)cs1. The van der Waals surface area contributed by atoms with Crippen molar-refractivity contribution in [2.24, 2.45) is 10.9 Å². The lowest BCUT2D eigenvalue weighted by molar-refractivity contribution is -0.116. The first kappa shape index (κ1) is 21.9. The van der Waals surface area contributed by atoms with Crippen molar-refractivity contribution in [2.45, 2.75) is 53.1 Å². The second-order valence-corrected chi connectivity index (χ2v) is 8.39. The van der Waals surface area contributed by atoms with Crippen LogP contribution in [0.4, 0.5) is 5.69 Å². The van der Waals surface area contributed by atoms with E-state index in [4.69, 9.17) is 0 Å². The molecule has 0 saturated heterocycles. The zero-order valence-corrected chi connectivity index (χ0v) is 18.2. The molecule has 1 heterocycles. The van der Waals surface area contributed by atoms with Crippen molar-refractivity contribution in [2.75, 3.05) is 12.4 Å². The second kappa shape index (κ2) is 10.8. The molecule has 1 aromatic carbocycles. The topological polar surface area (TPSA) is 78.4 Å². The van der Waals surface area contributed by atoms with Gasteiger partial charge in [0.1, 0.15) is 5.01 Å². The molecule has 7 heteroatoms. The van der Waals surface area contributed by atoms with Crippen LogP contribution in [0.15, 0.2) is 34.6 Å². The summed E-state index contributed by atoms with van der Waals surface area (Å²) < 4.78 is 0. The van der Waals surface area contributed by atoms with Crippen molar-refractivity contribution in [1.29, 1.82) is 0 Å². The van der Waals surface area contributed by atoms with E-state index in [1.807, 2.05) is 38.1 Å².